The molecule has 1 saturated heterocycles. The van der Waals surface area contributed by atoms with E-state index in [9.17, 15) is 4.79 Å². The van der Waals surface area contributed by atoms with Gasteiger partial charge >= 0.3 is 0 Å². The van der Waals surface area contributed by atoms with Crippen molar-refractivity contribution in [1.29, 1.82) is 0 Å². The van der Waals surface area contributed by atoms with Gasteiger partial charge in [-0.1, -0.05) is 13.8 Å². The number of halogens is 1. The second-order valence-corrected chi connectivity index (χ2v) is 6.69. The highest BCUT2D eigenvalue weighted by molar-refractivity contribution is 9.11. The number of thiophene rings is 1. The Balaban J connectivity index is 2.36. The molecule has 1 amide bonds. The first-order valence-electron chi connectivity index (χ1n) is 5.11. The molecule has 0 radical (unpaired) electrons. The lowest BCUT2D eigenvalue weighted by molar-refractivity contribution is -0.119. The summed E-state index contributed by atoms with van der Waals surface area (Å²) in [5.41, 5.74) is -0.0253. The van der Waals surface area contributed by atoms with Crippen LogP contribution in [0.5, 0.6) is 0 Å². The summed E-state index contributed by atoms with van der Waals surface area (Å²) in [6, 6.07) is 4.45. The number of carbonyl (C=O) groups excluding carboxylic acids is 1. The Kier molecular flexibility index (Phi) is 2.90. The van der Waals surface area contributed by atoms with Crippen molar-refractivity contribution in [3.8, 4) is 0 Å². The number of nitrogens with one attached hydrogen (secondary N) is 1. The van der Waals surface area contributed by atoms with Crippen LogP contribution in [0.2, 0.25) is 0 Å². The molecule has 2 unspecified atom stereocenters. The van der Waals surface area contributed by atoms with Crippen LogP contribution in [-0.2, 0) is 10.2 Å². The zero-order valence-corrected chi connectivity index (χ0v) is 11.2. The van der Waals surface area contributed by atoms with Crippen molar-refractivity contribution in [3.63, 3.8) is 0 Å². The van der Waals surface area contributed by atoms with Gasteiger partial charge in [0.2, 0.25) is 5.91 Å². The second-order valence-electron chi connectivity index (χ2n) is 4.23. The molecule has 0 aromatic carbocycles. The minimum atomic E-state index is -0.0253. The Hall–Kier alpha value is -0.350. The van der Waals surface area contributed by atoms with Crippen molar-refractivity contribution in [3.05, 3.63) is 20.8 Å². The maximum Gasteiger partial charge on any atom is 0.221 e. The van der Waals surface area contributed by atoms with E-state index in [1.807, 2.05) is 0 Å². The smallest absolute Gasteiger partial charge is 0.221 e. The van der Waals surface area contributed by atoms with E-state index >= 15 is 0 Å². The maximum atomic E-state index is 11.5. The Morgan fingerprint density at radius 2 is 2.40 bits per heavy atom. The molecule has 15 heavy (non-hydrogen) atoms. The van der Waals surface area contributed by atoms with Crippen LogP contribution in [-0.4, -0.2) is 11.9 Å². The Morgan fingerprint density at radius 3 is 2.93 bits per heavy atom. The van der Waals surface area contributed by atoms with Gasteiger partial charge in [-0.2, -0.15) is 0 Å². The average molecular weight is 288 g/mol. The third kappa shape index (κ3) is 1.85. The predicted octanol–water partition coefficient (Wildman–Crippen LogP) is 3.07. The lowest BCUT2D eigenvalue weighted by Crippen LogP contribution is -2.37. The highest BCUT2D eigenvalue weighted by Crippen LogP contribution is 2.41. The molecule has 1 N–H and O–H groups in total. The molecule has 0 saturated carbocycles. The highest BCUT2D eigenvalue weighted by Gasteiger charge is 2.44. The van der Waals surface area contributed by atoms with Gasteiger partial charge in [0.25, 0.3) is 0 Å². The molecule has 82 valence electrons. The molecule has 1 fully saturated rings. The first-order chi connectivity index (χ1) is 7.06. The molecule has 2 atom stereocenters. The van der Waals surface area contributed by atoms with Crippen LogP contribution >= 0.6 is 27.3 Å². The van der Waals surface area contributed by atoms with E-state index < -0.39 is 0 Å². The summed E-state index contributed by atoms with van der Waals surface area (Å²) in [5.74, 6) is 0.175. The molecular weight excluding hydrogens is 274 g/mol. The summed E-state index contributed by atoms with van der Waals surface area (Å²) in [6.45, 7) is 4.30. The summed E-state index contributed by atoms with van der Waals surface area (Å²) >= 11 is 5.20. The van der Waals surface area contributed by atoms with Gasteiger partial charge in [-0.3, -0.25) is 4.79 Å². The molecule has 2 rings (SSSR count). The molecule has 2 nitrogen and oxygen atoms in total. The van der Waals surface area contributed by atoms with Gasteiger partial charge in [0.15, 0.2) is 0 Å². The molecule has 2 heterocycles. The summed E-state index contributed by atoms with van der Waals surface area (Å²) in [6.07, 6.45) is 1.59. The van der Waals surface area contributed by atoms with Crippen LogP contribution < -0.4 is 5.32 Å². The minimum absolute atomic E-state index is 0.0253. The Bertz CT molecular complexity index is 390. The van der Waals surface area contributed by atoms with Gasteiger partial charge in [0, 0.05) is 22.8 Å². The summed E-state index contributed by atoms with van der Waals surface area (Å²) in [5, 5.41) is 3.05. The minimum Gasteiger partial charge on any atom is -0.352 e. The summed E-state index contributed by atoms with van der Waals surface area (Å²) in [4.78, 5) is 12.8. The van der Waals surface area contributed by atoms with Crippen molar-refractivity contribution >= 4 is 33.2 Å². The van der Waals surface area contributed by atoms with E-state index in [1.54, 1.807) is 11.3 Å². The number of amides is 1. The fourth-order valence-electron chi connectivity index (χ4n) is 2.29. The molecule has 1 aromatic heterocycles. The molecule has 1 aliphatic heterocycles. The normalized spacial score (nSPS) is 30.6. The van der Waals surface area contributed by atoms with Crippen LogP contribution in [0.15, 0.2) is 15.9 Å². The number of carbonyl (C=O) groups is 1. The SMILES string of the molecule is CCC1NC(=O)CC1(C)c1ccc(Br)s1. The zero-order chi connectivity index (χ0) is 11.1. The molecule has 1 aromatic rings. The maximum absolute atomic E-state index is 11.5. The number of hydrogen-bond acceptors (Lipinski definition) is 2. The average Bonchev–Trinajstić information content (AvgIpc) is 2.71. The standard InChI is InChI=1S/C11H14BrNOS/c1-3-7-11(2,6-10(14)13-7)8-4-5-9(12)15-8/h4-5,7H,3,6H2,1-2H3,(H,13,14). The predicted molar refractivity (Wildman–Crippen MR) is 66.2 cm³/mol. The third-order valence-electron chi connectivity index (χ3n) is 3.18. The number of rotatable bonds is 2. The fourth-order valence-corrected chi connectivity index (χ4v) is 3.88. The van der Waals surface area contributed by atoms with Gasteiger partial charge in [0.1, 0.15) is 0 Å². The largest absolute Gasteiger partial charge is 0.352 e. The lowest BCUT2D eigenvalue weighted by atomic mass is 9.80. The van der Waals surface area contributed by atoms with Crippen LogP contribution in [0.25, 0.3) is 0 Å². The van der Waals surface area contributed by atoms with Gasteiger partial charge in [-0.05, 0) is 34.5 Å². The summed E-state index contributed by atoms with van der Waals surface area (Å²) in [7, 11) is 0. The van der Waals surface area contributed by atoms with Crippen LogP contribution in [0.1, 0.15) is 31.6 Å². The first kappa shape index (κ1) is 11.1. The van der Waals surface area contributed by atoms with Crippen molar-refractivity contribution in [1.82, 2.24) is 5.32 Å². The second kappa shape index (κ2) is 3.91. The number of hydrogen-bond donors (Lipinski definition) is 1. The quantitative estimate of drug-likeness (QED) is 0.890. The van der Waals surface area contributed by atoms with E-state index in [2.05, 4.69) is 47.2 Å². The molecule has 0 spiro atoms. The first-order valence-corrected chi connectivity index (χ1v) is 6.72. The molecular formula is C11H14BrNOS. The van der Waals surface area contributed by atoms with Crippen molar-refractivity contribution in [2.24, 2.45) is 0 Å². The van der Waals surface area contributed by atoms with E-state index in [0.717, 1.165) is 10.2 Å². The van der Waals surface area contributed by atoms with E-state index in [-0.39, 0.29) is 17.4 Å². The molecule has 0 aliphatic carbocycles. The highest BCUT2D eigenvalue weighted by atomic mass is 79.9. The lowest BCUT2D eigenvalue weighted by Gasteiger charge is -2.28. The van der Waals surface area contributed by atoms with Crippen LogP contribution in [0.4, 0.5) is 0 Å². The Labute approximate surface area is 102 Å². The molecule has 4 heteroatoms. The fraction of sp³-hybridized carbons (Fsp3) is 0.545. The van der Waals surface area contributed by atoms with Crippen LogP contribution in [0.3, 0.4) is 0 Å². The van der Waals surface area contributed by atoms with Gasteiger partial charge in [-0.15, -0.1) is 11.3 Å². The Morgan fingerprint density at radius 1 is 1.67 bits per heavy atom. The summed E-state index contributed by atoms with van der Waals surface area (Å²) < 4.78 is 1.13. The topological polar surface area (TPSA) is 29.1 Å². The molecule has 0 bridgehead atoms. The van der Waals surface area contributed by atoms with Gasteiger partial charge in [0.05, 0.1) is 3.79 Å². The zero-order valence-electron chi connectivity index (χ0n) is 8.84. The molecule has 1 aliphatic rings. The van der Waals surface area contributed by atoms with Crippen molar-refractivity contribution in [2.45, 2.75) is 38.1 Å². The monoisotopic (exact) mass is 287 g/mol. The van der Waals surface area contributed by atoms with E-state index in [4.69, 9.17) is 0 Å². The third-order valence-corrected chi connectivity index (χ3v) is 5.08. The van der Waals surface area contributed by atoms with Crippen molar-refractivity contribution < 1.29 is 4.79 Å². The van der Waals surface area contributed by atoms with Gasteiger partial charge < -0.3 is 5.32 Å². The van der Waals surface area contributed by atoms with Gasteiger partial charge in [-0.25, -0.2) is 0 Å². The van der Waals surface area contributed by atoms with Crippen LogP contribution in [0, 0.1) is 0 Å². The van der Waals surface area contributed by atoms with E-state index in [0.29, 0.717) is 6.42 Å². The van der Waals surface area contributed by atoms with E-state index in [1.165, 1.54) is 4.88 Å². The van der Waals surface area contributed by atoms with Crippen molar-refractivity contribution in [2.75, 3.05) is 0 Å².